The molecule has 2 heterocycles. The first-order chi connectivity index (χ1) is 32.3. The third-order valence-electron chi connectivity index (χ3n) is 13.2. The zero-order chi connectivity index (χ0) is 42.8. The van der Waals surface area contributed by atoms with Gasteiger partial charge in [-0.05, 0) is 93.0 Å². The largest absolute Gasteiger partial charge is 0.455 e. The van der Waals surface area contributed by atoms with Crippen LogP contribution in [0.3, 0.4) is 0 Å². The fourth-order valence-corrected chi connectivity index (χ4v) is 10.2. The molecule has 3 heteroatoms. The minimum Gasteiger partial charge on any atom is -0.455 e. The van der Waals surface area contributed by atoms with Crippen LogP contribution in [0.25, 0.3) is 104 Å². The van der Waals surface area contributed by atoms with E-state index in [-0.39, 0.29) is 0 Å². The van der Waals surface area contributed by atoms with Crippen LogP contribution in [0.15, 0.2) is 247 Å². The van der Waals surface area contributed by atoms with Crippen molar-refractivity contribution in [2.75, 3.05) is 4.90 Å². The quantitative estimate of drug-likeness (QED) is 0.149. The van der Waals surface area contributed by atoms with E-state index in [1.807, 2.05) is 12.1 Å². The SMILES string of the molecule is c1ccc(-c2ccccc2-n2c3ccccc3c3ccccc32)c(-c2ccc(N(c3ccc(-c4cccc5c4oc4ccccc45)cc3)c3cc4ccccc4c4ccccc34)cc2)c1. The minimum atomic E-state index is 0.902. The maximum absolute atomic E-state index is 6.48. The lowest BCUT2D eigenvalue weighted by Crippen LogP contribution is -2.10. The Kier molecular flexibility index (Phi) is 8.53. The van der Waals surface area contributed by atoms with Gasteiger partial charge >= 0.3 is 0 Å². The molecule has 2 aromatic heterocycles. The normalized spacial score (nSPS) is 11.7. The molecule has 0 unspecified atom stereocenters. The molecule has 3 nitrogen and oxygen atoms in total. The molecule has 0 spiro atoms. The van der Waals surface area contributed by atoms with Crippen LogP contribution in [0.4, 0.5) is 17.1 Å². The molecule has 0 aliphatic rings. The number of hydrogen-bond donors (Lipinski definition) is 0. The van der Waals surface area contributed by atoms with Crippen LogP contribution in [0.2, 0.25) is 0 Å². The van der Waals surface area contributed by atoms with Gasteiger partial charge in [0.15, 0.2) is 0 Å². The molecule has 0 radical (unpaired) electrons. The minimum absolute atomic E-state index is 0.902. The lowest BCUT2D eigenvalue weighted by atomic mass is 9.93. The Hall–Kier alpha value is -8.66. The van der Waals surface area contributed by atoms with Crippen LogP contribution in [0, 0.1) is 0 Å². The van der Waals surface area contributed by atoms with Crippen LogP contribution in [-0.4, -0.2) is 4.57 Å². The average molecular weight is 829 g/mol. The third-order valence-corrected chi connectivity index (χ3v) is 13.2. The van der Waals surface area contributed by atoms with E-state index in [2.05, 4.69) is 240 Å². The summed E-state index contributed by atoms with van der Waals surface area (Å²) in [6.07, 6.45) is 0. The van der Waals surface area contributed by atoms with Crippen molar-refractivity contribution in [2.45, 2.75) is 0 Å². The summed E-state index contributed by atoms with van der Waals surface area (Å²) in [5.41, 5.74) is 15.5. The second-order valence-corrected chi connectivity index (χ2v) is 16.8. The van der Waals surface area contributed by atoms with Gasteiger partial charge in [0.1, 0.15) is 11.2 Å². The summed E-state index contributed by atoms with van der Waals surface area (Å²) < 4.78 is 8.90. The third kappa shape index (κ3) is 5.97. The Bertz CT molecular complexity index is 3900. The lowest BCUT2D eigenvalue weighted by Gasteiger charge is -2.28. The van der Waals surface area contributed by atoms with E-state index in [0.717, 1.165) is 61.4 Å². The van der Waals surface area contributed by atoms with Gasteiger partial charge in [0.25, 0.3) is 0 Å². The predicted octanol–water partition coefficient (Wildman–Crippen LogP) is 17.5. The van der Waals surface area contributed by atoms with Crippen molar-refractivity contribution in [1.29, 1.82) is 0 Å². The van der Waals surface area contributed by atoms with Gasteiger partial charge < -0.3 is 13.9 Å². The Labute approximate surface area is 376 Å². The smallest absolute Gasteiger partial charge is 0.143 e. The number of anilines is 3. The number of nitrogens with zero attached hydrogens (tertiary/aromatic N) is 2. The molecule has 11 aromatic carbocycles. The number of furan rings is 1. The molecule has 0 N–H and O–H groups in total. The number of para-hydroxylation sites is 5. The molecule has 0 saturated heterocycles. The van der Waals surface area contributed by atoms with Gasteiger partial charge in [-0.15, -0.1) is 0 Å². The molecule has 0 saturated carbocycles. The Morgan fingerprint density at radius 3 is 1.52 bits per heavy atom. The summed E-state index contributed by atoms with van der Waals surface area (Å²) in [6, 6.07) is 87.7. The van der Waals surface area contributed by atoms with Crippen molar-refractivity contribution in [3.05, 3.63) is 243 Å². The van der Waals surface area contributed by atoms with Crippen molar-refractivity contribution >= 4 is 82.4 Å². The molecular formula is C62H40N2O. The Balaban J connectivity index is 0.949. The van der Waals surface area contributed by atoms with Gasteiger partial charge in [-0.3, -0.25) is 0 Å². The summed E-state index contributed by atoms with van der Waals surface area (Å²) in [7, 11) is 0. The molecular weight excluding hydrogens is 789 g/mol. The van der Waals surface area contributed by atoms with E-state index in [4.69, 9.17) is 4.42 Å². The Morgan fingerprint density at radius 2 is 0.815 bits per heavy atom. The number of fused-ring (bicyclic) bond motifs is 9. The van der Waals surface area contributed by atoms with Crippen molar-refractivity contribution in [3.8, 4) is 39.1 Å². The number of hydrogen-bond acceptors (Lipinski definition) is 2. The molecule has 65 heavy (non-hydrogen) atoms. The maximum atomic E-state index is 6.48. The zero-order valence-corrected chi connectivity index (χ0v) is 35.4. The first-order valence-electron chi connectivity index (χ1n) is 22.3. The van der Waals surface area contributed by atoms with Crippen LogP contribution < -0.4 is 4.90 Å². The summed E-state index contributed by atoms with van der Waals surface area (Å²) >= 11 is 0. The van der Waals surface area contributed by atoms with Crippen molar-refractivity contribution in [1.82, 2.24) is 4.57 Å². The number of benzene rings is 11. The molecule has 13 rings (SSSR count). The zero-order valence-electron chi connectivity index (χ0n) is 35.4. The fourth-order valence-electron chi connectivity index (χ4n) is 10.2. The summed E-state index contributed by atoms with van der Waals surface area (Å²) in [6.45, 7) is 0. The summed E-state index contributed by atoms with van der Waals surface area (Å²) in [5, 5.41) is 9.63. The molecule has 0 aliphatic heterocycles. The first-order valence-corrected chi connectivity index (χ1v) is 22.3. The monoisotopic (exact) mass is 828 g/mol. The maximum Gasteiger partial charge on any atom is 0.143 e. The van der Waals surface area contributed by atoms with Crippen molar-refractivity contribution in [2.24, 2.45) is 0 Å². The van der Waals surface area contributed by atoms with Gasteiger partial charge in [-0.25, -0.2) is 0 Å². The number of rotatable bonds is 7. The second-order valence-electron chi connectivity index (χ2n) is 16.8. The standard InChI is InChI=1S/C62H40N2O/c1-2-18-47-43(16-1)40-60(52-22-6-5-20-50(47)52)63(45-38-34-42(35-39-45)48-26-15-27-56-55-25-10-14-31-61(55)65-62(48)56)44-36-32-41(33-37-44)46-17-3-4-19-49(46)51-21-7-11-28-57(51)64-58-29-12-8-23-53(58)54-24-9-13-30-59(54)64/h1-40H. The summed E-state index contributed by atoms with van der Waals surface area (Å²) in [5.74, 6) is 0. The lowest BCUT2D eigenvalue weighted by molar-refractivity contribution is 0.670. The highest BCUT2D eigenvalue weighted by Gasteiger charge is 2.21. The molecule has 0 amide bonds. The van der Waals surface area contributed by atoms with Crippen LogP contribution in [-0.2, 0) is 0 Å². The molecule has 13 aromatic rings. The van der Waals surface area contributed by atoms with Crippen molar-refractivity contribution in [3.63, 3.8) is 0 Å². The average Bonchev–Trinajstić information content (AvgIpc) is 3.93. The molecule has 0 atom stereocenters. The summed E-state index contributed by atoms with van der Waals surface area (Å²) in [4.78, 5) is 2.41. The topological polar surface area (TPSA) is 21.3 Å². The van der Waals surface area contributed by atoms with Crippen LogP contribution >= 0.6 is 0 Å². The number of aromatic nitrogens is 1. The van der Waals surface area contributed by atoms with Gasteiger partial charge in [-0.1, -0.05) is 188 Å². The molecule has 0 bridgehead atoms. The van der Waals surface area contributed by atoms with E-state index in [1.165, 1.54) is 60.0 Å². The molecule has 0 aliphatic carbocycles. The predicted molar refractivity (Wildman–Crippen MR) is 274 cm³/mol. The van der Waals surface area contributed by atoms with E-state index < -0.39 is 0 Å². The van der Waals surface area contributed by atoms with Gasteiger partial charge in [0, 0.05) is 49.4 Å². The van der Waals surface area contributed by atoms with Gasteiger partial charge in [-0.2, -0.15) is 0 Å². The Morgan fingerprint density at radius 1 is 0.323 bits per heavy atom. The van der Waals surface area contributed by atoms with Crippen molar-refractivity contribution < 1.29 is 4.42 Å². The molecule has 304 valence electrons. The highest BCUT2D eigenvalue weighted by molar-refractivity contribution is 6.15. The van der Waals surface area contributed by atoms with E-state index in [1.54, 1.807) is 0 Å². The molecule has 0 fully saturated rings. The van der Waals surface area contributed by atoms with Gasteiger partial charge in [0.2, 0.25) is 0 Å². The van der Waals surface area contributed by atoms with E-state index in [0.29, 0.717) is 0 Å². The van der Waals surface area contributed by atoms with Crippen LogP contribution in [0.5, 0.6) is 0 Å². The van der Waals surface area contributed by atoms with Gasteiger partial charge in [0.05, 0.1) is 22.4 Å². The highest BCUT2D eigenvalue weighted by atomic mass is 16.3. The highest BCUT2D eigenvalue weighted by Crippen LogP contribution is 2.45. The van der Waals surface area contributed by atoms with E-state index >= 15 is 0 Å². The van der Waals surface area contributed by atoms with Crippen LogP contribution in [0.1, 0.15) is 0 Å². The fraction of sp³-hybridized carbons (Fsp3) is 0. The second kappa shape index (κ2) is 15.0. The first kappa shape index (κ1) is 36.9. The van der Waals surface area contributed by atoms with E-state index in [9.17, 15) is 0 Å².